The summed E-state index contributed by atoms with van der Waals surface area (Å²) in [5.74, 6) is 0.506. The topological polar surface area (TPSA) is 75.6 Å². The Kier molecular flexibility index (Phi) is 9.68. The van der Waals surface area contributed by atoms with Crippen LogP contribution in [0.3, 0.4) is 0 Å². The highest BCUT2D eigenvalue weighted by molar-refractivity contribution is 14.1. The third-order valence-electron chi connectivity index (χ3n) is 5.69. The predicted octanol–water partition coefficient (Wildman–Crippen LogP) is 8.76. The maximum atomic E-state index is 12.6. The zero-order chi connectivity index (χ0) is 27.9. The summed E-state index contributed by atoms with van der Waals surface area (Å²) < 4.78 is 8.11. The van der Waals surface area contributed by atoms with Crippen LogP contribution in [0.25, 0.3) is 11.3 Å². The van der Waals surface area contributed by atoms with Crippen molar-refractivity contribution in [1.82, 2.24) is 10.4 Å². The molecule has 0 bridgehead atoms. The maximum absolute atomic E-state index is 12.6. The second kappa shape index (κ2) is 13.6. The number of thiazole rings is 1. The Morgan fingerprint density at radius 3 is 2.45 bits per heavy atom. The Labute approximate surface area is 268 Å². The molecule has 0 atom stereocenters. The third kappa shape index (κ3) is 7.80. The Hall–Kier alpha value is -3.00. The summed E-state index contributed by atoms with van der Waals surface area (Å²) >= 11 is 12.0. The smallest absolute Gasteiger partial charge is 0.271 e. The number of anilines is 2. The van der Waals surface area contributed by atoms with Gasteiger partial charge in [0, 0.05) is 30.8 Å². The molecule has 1 amide bonds. The van der Waals surface area contributed by atoms with Crippen molar-refractivity contribution in [2.24, 2.45) is 5.10 Å². The first-order valence-electron chi connectivity index (χ1n) is 12.0. The molecule has 4 aromatic carbocycles. The highest BCUT2D eigenvalue weighted by atomic mass is 127. The van der Waals surface area contributed by atoms with Crippen molar-refractivity contribution in [2.45, 2.75) is 6.61 Å². The molecule has 5 aromatic rings. The van der Waals surface area contributed by atoms with E-state index >= 15 is 0 Å². The van der Waals surface area contributed by atoms with Gasteiger partial charge in [0.15, 0.2) is 5.13 Å². The fraction of sp³-hybridized carbons (Fsp3) is 0.0333. The molecule has 0 unspecified atom stereocenters. The van der Waals surface area contributed by atoms with Crippen molar-refractivity contribution in [1.29, 1.82) is 0 Å². The number of hydrazone groups is 1. The summed E-state index contributed by atoms with van der Waals surface area (Å²) in [7, 11) is 0. The van der Waals surface area contributed by atoms with E-state index in [1.54, 1.807) is 18.3 Å². The lowest BCUT2D eigenvalue weighted by Crippen LogP contribution is -2.17. The fourth-order valence-corrected chi connectivity index (χ4v) is 5.52. The molecule has 1 aromatic heterocycles. The molecule has 5 rings (SSSR count). The summed E-state index contributed by atoms with van der Waals surface area (Å²) in [4.78, 5) is 17.2. The van der Waals surface area contributed by atoms with Crippen molar-refractivity contribution in [3.63, 3.8) is 0 Å². The van der Waals surface area contributed by atoms with Crippen LogP contribution in [-0.2, 0) is 6.61 Å². The largest absolute Gasteiger partial charge is 0.488 e. The number of amides is 1. The molecule has 0 fully saturated rings. The maximum Gasteiger partial charge on any atom is 0.271 e. The normalized spacial score (nSPS) is 11.0. The molecule has 0 aliphatic heterocycles. The SMILES string of the molecule is O=C(N/N=C\c1ccc(OCc2ccc(I)cc2)c(I)c1)c1ccc(-c2csc(Nc3ccc(Cl)cc3)n2)cc1. The van der Waals surface area contributed by atoms with Crippen LogP contribution in [0.5, 0.6) is 5.75 Å². The van der Waals surface area contributed by atoms with Gasteiger partial charge in [0.1, 0.15) is 12.4 Å². The molecule has 6 nitrogen and oxygen atoms in total. The van der Waals surface area contributed by atoms with Gasteiger partial charge in [-0.3, -0.25) is 4.79 Å². The Balaban J connectivity index is 1.14. The minimum absolute atomic E-state index is 0.293. The van der Waals surface area contributed by atoms with Crippen molar-refractivity contribution < 1.29 is 9.53 Å². The van der Waals surface area contributed by atoms with Crippen molar-refractivity contribution in [2.75, 3.05) is 5.32 Å². The van der Waals surface area contributed by atoms with Crippen molar-refractivity contribution in [3.05, 3.63) is 125 Å². The van der Waals surface area contributed by atoms with Gasteiger partial charge >= 0.3 is 0 Å². The second-order valence-electron chi connectivity index (χ2n) is 8.55. The molecule has 1 heterocycles. The Morgan fingerprint density at radius 1 is 0.975 bits per heavy atom. The number of nitrogens with one attached hydrogen (secondary N) is 2. The average Bonchev–Trinajstić information content (AvgIpc) is 3.43. The Bertz CT molecular complexity index is 1640. The van der Waals surface area contributed by atoms with Gasteiger partial charge in [0.25, 0.3) is 5.91 Å². The first-order valence-corrected chi connectivity index (χ1v) is 15.4. The molecule has 0 aliphatic carbocycles. The van der Waals surface area contributed by atoms with E-state index in [1.807, 2.05) is 60.0 Å². The monoisotopic (exact) mass is 790 g/mol. The van der Waals surface area contributed by atoms with Crippen molar-refractivity contribution in [3.8, 4) is 17.0 Å². The number of nitrogens with zero attached hydrogens (tertiary/aromatic N) is 2. The minimum Gasteiger partial charge on any atom is -0.488 e. The van der Waals surface area contributed by atoms with Gasteiger partial charge in [0.2, 0.25) is 0 Å². The van der Waals surface area contributed by atoms with Gasteiger partial charge in [0.05, 0.1) is 15.5 Å². The molecule has 10 heteroatoms. The quantitative estimate of drug-likeness (QED) is 0.0890. The van der Waals surface area contributed by atoms with Crippen LogP contribution < -0.4 is 15.5 Å². The molecule has 0 aliphatic rings. The number of ether oxygens (including phenoxy) is 1. The van der Waals surface area contributed by atoms with Crippen LogP contribution in [0, 0.1) is 7.14 Å². The van der Waals surface area contributed by atoms with Crippen LogP contribution in [-0.4, -0.2) is 17.1 Å². The van der Waals surface area contributed by atoms with E-state index in [-0.39, 0.29) is 5.91 Å². The summed E-state index contributed by atoms with van der Waals surface area (Å²) in [6, 6.07) is 28.7. The third-order valence-corrected chi connectivity index (χ3v) is 8.26. The highest BCUT2D eigenvalue weighted by Crippen LogP contribution is 2.28. The van der Waals surface area contributed by atoms with E-state index in [2.05, 4.69) is 90.3 Å². The predicted molar refractivity (Wildman–Crippen MR) is 180 cm³/mol. The van der Waals surface area contributed by atoms with Crippen LogP contribution in [0.15, 0.2) is 101 Å². The van der Waals surface area contributed by atoms with Gasteiger partial charge in [-0.15, -0.1) is 11.3 Å². The molecule has 40 heavy (non-hydrogen) atoms. The lowest BCUT2D eigenvalue weighted by molar-refractivity contribution is 0.0955. The summed E-state index contributed by atoms with van der Waals surface area (Å²) in [5, 5.41) is 10.8. The van der Waals surface area contributed by atoms with Crippen LogP contribution >= 0.6 is 68.1 Å². The summed E-state index contributed by atoms with van der Waals surface area (Å²) in [6.07, 6.45) is 1.61. The number of carbonyl (C=O) groups is 1. The van der Waals surface area contributed by atoms with E-state index in [0.29, 0.717) is 17.2 Å². The molecular formula is C30H21ClI2N4O2S. The number of aromatic nitrogens is 1. The van der Waals surface area contributed by atoms with E-state index in [9.17, 15) is 4.79 Å². The number of carbonyl (C=O) groups excluding carboxylic acids is 1. The van der Waals surface area contributed by atoms with E-state index in [0.717, 1.165) is 42.5 Å². The lowest BCUT2D eigenvalue weighted by Gasteiger charge is -2.09. The number of hydrogen-bond acceptors (Lipinski definition) is 6. The molecule has 2 N–H and O–H groups in total. The van der Waals surface area contributed by atoms with Gasteiger partial charge in [-0.1, -0.05) is 35.9 Å². The second-order valence-corrected chi connectivity index (χ2v) is 12.3. The summed E-state index contributed by atoms with van der Waals surface area (Å²) in [6.45, 7) is 0.499. The van der Waals surface area contributed by atoms with Gasteiger partial charge in [-0.25, -0.2) is 10.4 Å². The Morgan fingerprint density at radius 2 is 1.73 bits per heavy atom. The number of hydrogen-bond donors (Lipinski definition) is 2. The van der Waals surface area contributed by atoms with Crippen molar-refractivity contribution >= 4 is 91.1 Å². The average molecular weight is 791 g/mol. The van der Waals surface area contributed by atoms with E-state index in [4.69, 9.17) is 16.3 Å². The van der Waals surface area contributed by atoms with Gasteiger partial charge < -0.3 is 10.1 Å². The molecule has 0 radical (unpaired) electrons. The van der Waals surface area contributed by atoms with Crippen LogP contribution in [0.1, 0.15) is 21.5 Å². The number of benzene rings is 4. The fourth-order valence-electron chi connectivity index (χ4n) is 3.60. The van der Waals surface area contributed by atoms with Gasteiger partial charge in [-0.05, 0) is 123 Å². The van der Waals surface area contributed by atoms with Crippen LogP contribution in [0.2, 0.25) is 5.02 Å². The molecule has 0 saturated heterocycles. The molecule has 0 spiro atoms. The van der Waals surface area contributed by atoms with E-state index in [1.165, 1.54) is 14.9 Å². The molecular weight excluding hydrogens is 770 g/mol. The zero-order valence-electron chi connectivity index (χ0n) is 20.8. The number of rotatable bonds is 9. The first kappa shape index (κ1) is 28.5. The highest BCUT2D eigenvalue weighted by Gasteiger charge is 2.09. The standard InChI is InChI=1S/C30H21ClI2N4O2S/c31-23-8-12-25(13-9-23)35-30-36-27(18-40-30)21-4-6-22(7-5-21)29(38)37-34-16-20-3-14-28(26(33)15-20)39-17-19-1-10-24(32)11-2-19/h1-16,18H,17H2,(H,35,36)(H,37,38)/b34-16-. The number of halogens is 3. The first-order chi connectivity index (χ1) is 19.4. The summed E-state index contributed by atoms with van der Waals surface area (Å²) in [5.41, 5.74) is 7.71. The molecule has 200 valence electrons. The minimum atomic E-state index is -0.293. The van der Waals surface area contributed by atoms with Gasteiger partial charge in [-0.2, -0.15) is 5.10 Å². The zero-order valence-corrected chi connectivity index (χ0v) is 26.7. The molecule has 0 saturated carbocycles. The van der Waals surface area contributed by atoms with E-state index < -0.39 is 0 Å². The lowest BCUT2D eigenvalue weighted by atomic mass is 10.1. The van der Waals surface area contributed by atoms with Crippen LogP contribution in [0.4, 0.5) is 10.8 Å².